The van der Waals surface area contributed by atoms with Crippen molar-refractivity contribution in [3.8, 4) is 0 Å². The highest BCUT2D eigenvalue weighted by atomic mass is 19.4. The summed E-state index contributed by atoms with van der Waals surface area (Å²) in [4.78, 5) is 8.46. The van der Waals surface area contributed by atoms with Crippen molar-refractivity contribution in [2.45, 2.75) is 71.4 Å². The molecule has 2 aromatic rings. The van der Waals surface area contributed by atoms with Crippen LogP contribution in [0.3, 0.4) is 0 Å². The zero-order valence-electron chi connectivity index (χ0n) is 15.2. The van der Waals surface area contributed by atoms with Gasteiger partial charge in [-0.3, -0.25) is 0 Å². The maximum absolute atomic E-state index is 13.5. The van der Waals surface area contributed by atoms with Crippen molar-refractivity contribution in [2.75, 3.05) is 0 Å². The Morgan fingerprint density at radius 1 is 0.875 bits per heavy atom. The summed E-state index contributed by atoms with van der Waals surface area (Å²) in [6.45, 7) is 11.5. The van der Waals surface area contributed by atoms with Crippen molar-refractivity contribution in [3.05, 3.63) is 35.2 Å². The molecule has 1 aromatic carbocycles. The molecule has 2 nitrogen and oxygen atoms in total. The van der Waals surface area contributed by atoms with E-state index in [0.29, 0.717) is 11.0 Å². The van der Waals surface area contributed by atoms with E-state index < -0.39 is 17.3 Å². The van der Waals surface area contributed by atoms with Gasteiger partial charge < -0.3 is 0 Å². The average Bonchev–Trinajstić information content (AvgIpc) is 2.50. The molecular weight excluding hydrogens is 313 g/mol. The van der Waals surface area contributed by atoms with Gasteiger partial charge in [0.1, 0.15) is 0 Å². The van der Waals surface area contributed by atoms with Crippen LogP contribution in [0.5, 0.6) is 0 Å². The van der Waals surface area contributed by atoms with Crippen molar-refractivity contribution in [2.24, 2.45) is 0 Å². The Balaban J connectivity index is 2.90. The lowest BCUT2D eigenvalue weighted by molar-refractivity contribution is -0.142. The lowest BCUT2D eigenvalue weighted by Crippen LogP contribution is -2.25. The van der Waals surface area contributed by atoms with Gasteiger partial charge in [-0.25, -0.2) is 9.97 Å². The molecule has 0 bridgehead atoms. The normalized spacial score (nSPS) is 13.5. The van der Waals surface area contributed by atoms with Gasteiger partial charge in [-0.2, -0.15) is 13.2 Å². The zero-order valence-corrected chi connectivity index (χ0v) is 15.2. The van der Waals surface area contributed by atoms with Crippen molar-refractivity contribution >= 4 is 11.0 Å². The minimum atomic E-state index is -4.52. The SMILES string of the molecule is CCC(C)(CC)c1cccc2nc(C(F)(F)F)c(C(C)(C)C)nc12. The Kier molecular flexibility index (Phi) is 4.68. The molecule has 0 spiro atoms. The first-order valence-electron chi connectivity index (χ1n) is 8.33. The van der Waals surface area contributed by atoms with Crippen LogP contribution in [0.1, 0.15) is 71.3 Å². The van der Waals surface area contributed by atoms with Gasteiger partial charge in [0.05, 0.1) is 16.7 Å². The maximum Gasteiger partial charge on any atom is 0.435 e. The maximum atomic E-state index is 13.5. The molecule has 0 amide bonds. The van der Waals surface area contributed by atoms with Crippen LogP contribution in [0.4, 0.5) is 13.2 Å². The van der Waals surface area contributed by atoms with Gasteiger partial charge in [-0.1, -0.05) is 53.7 Å². The summed E-state index contributed by atoms with van der Waals surface area (Å²) >= 11 is 0. The quantitative estimate of drug-likeness (QED) is 0.683. The number of fused-ring (bicyclic) bond motifs is 1. The molecule has 0 aliphatic rings. The van der Waals surface area contributed by atoms with Crippen LogP contribution in [0, 0.1) is 0 Å². The van der Waals surface area contributed by atoms with E-state index in [0.717, 1.165) is 18.4 Å². The van der Waals surface area contributed by atoms with E-state index in [1.165, 1.54) is 0 Å². The molecule has 0 fully saturated rings. The number of rotatable bonds is 3. The third-order valence-electron chi connectivity index (χ3n) is 4.88. The third-order valence-corrected chi connectivity index (χ3v) is 4.88. The van der Waals surface area contributed by atoms with Crippen molar-refractivity contribution in [3.63, 3.8) is 0 Å². The van der Waals surface area contributed by atoms with Crippen LogP contribution in [0.2, 0.25) is 0 Å². The molecule has 5 heteroatoms. The first-order valence-corrected chi connectivity index (χ1v) is 8.33. The molecule has 0 aliphatic carbocycles. The van der Waals surface area contributed by atoms with Gasteiger partial charge in [0.15, 0.2) is 5.69 Å². The first-order chi connectivity index (χ1) is 10.9. The minimum absolute atomic E-state index is 0.00417. The monoisotopic (exact) mass is 338 g/mol. The van der Waals surface area contributed by atoms with E-state index in [4.69, 9.17) is 0 Å². The summed E-state index contributed by atoms with van der Waals surface area (Å²) in [5.74, 6) is 0. The highest BCUT2D eigenvalue weighted by Gasteiger charge is 2.40. The van der Waals surface area contributed by atoms with E-state index in [9.17, 15) is 13.2 Å². The second-order valence-corrected chi connectivity index (χ2v) is 7.61. The van der Waals surface area contributed by atoms with Crippen LogP contribution >= 0.6 is 0 Å². The summed E-state index contributed by atoms with van der Waals surface area (Å²) in [7, 11) is 0. The topological polar surface area (TPSA) is 25.8 Å². The predicted octanol–water partition coefficient (Wildman–Crippen LogP) is 6.02. The van der Waals surface area contributed by atoms with Gasteiger partial charge in [-0.05, 0) is 29.9 Å². The fraction of sp³-hybridized carbons (Fsp3) is 0.579. The van der Waals surface area contributed by atoms with Gasteiger partial charge in [0.2, 0.25) is 0 Å². The second-order valence-electron chi connectivity index (χ2n) is 7.61. The number of aromatic nitrogens is 2. The Morgan fingerprint density at radius 3 is 1.92 bits per heavy atom. The molecule has 0 aliphatic heterocycles. The Bertz CT molecular complexity index is 739. The summed E-state index contributed by atoms with van der Waals surface area (Å²) in [5.41, 5.74) is 0.107. The molecular formula is C19H25F3N2. The molecule has 0 radical (unpaired) electrons. The minimum Gasteiger partial charge on any atom is -0.248 e. The van der Waals surface area contributed by atoms with E-state index in [2.05, 4.69) is 30.7 Å². The number of benzene rings is 1. The van der Waals surface area contributed by atoms with Crippen molar-refractivity contribution < 1.29 is 13.2 Å². The standard InChI is InChI=1S/C19H25F3N2/c1-7-18(6,8-2)12-10-9-11-13-14(12)24-15(17(3,4)5)16(23-13)19(20,21)22/h9-11H,7-8H2,1-6H3. The molecule has 0 unspecified atom stereocenters. The summed E-state index contributed by atoms with van der Waals surface area (Å²) in [5, 5.41) is 0. The van der Waals surface area contributed by atoms with Gasteiger partial charge in [-0.15, -0.1) is 0 Å². The summed E-state index contributed by atoms with van der Waals surface area (Å²) in [6, 6.07) is 5.34. The van der Waals surface area contributed by atoms with Gasteiger partial charge in [0, 0.05) is 5.41 Å². The number of halogens is 3. The van der Waals surface area contributed by atoms with Crippen LogP contribution in [0.15, 0.2) is 18.2 Å². The van der Waals surface area contributed by atoms with Gasteiger partial charge in [0.25, 0.3) is 0 Å². The Labute approximate surface area is 141 Å². The summed E-state index contributed by atoms with van der Waals surface area (Å²) in [6.07, 6.45) is -2.75. The third kappa shape index (κ3) is 3.26. The lowest BCUT2D eigenvalue weighted by Gasteiger charge is -2.29. The molecule has 24 heavy (non-hydrogen) atoms. The Morgan fingerprint density at radius 2 is 1.46 bits per heavy atom. The Hall–Kier alpha value is -1.65. The van der Waals surface area contributed by atoms with Crippen molar-refractivity contribution in [1.82, 2.24) is 9.97 Å². The van der Waals surface area contributed by atoms with Crippen LogP contribution < -0.4 is 0 Å². The molecule has 0 atom stereocenters. The molecule has 0 saturated carbocycles. The van der Waals surface area contributed by atoms with E-state index in [1.807, 2.05) is 6.07 Å². The molecule has 1 aromatic heterocycles. The van der Waals surface area contributed by atoms with Crippen molar-refractivity contribution in [1.29, 1.82) is 0 Å². The predicted molar refractivity (Wildman–Crippen MR) is 91.2 cm³/mol. The van der Waals surface area contributed by atoms with Gasteiger partial charge >= 0.3 is 6.18 Å². The number of para-hydroxylation sites is 1. The van der Waals surface area contributed by atoms with Crippen LogP contribution in [-0.2, 0) is 17.0 Å². The van der Waals surface area contributed by atoms with E-state index in [-0.39, 0.29) is 11.1 Å². The molecule has 2 rings (SSSR count). The lowest BCUT2D eigenvalue weighted by atomic mass is 9.77. The fourth-order valence-corrected chi connectivity index (χ4v) is 2.92. The largest absolute Gasteiger partial charge is 0.435 e. The first kappa shape index (κ1) is 18.7. The summed E-state index contributed by atoms with van der Waals surface area (Å²) < 4.78 is 40.4. The molecule has 0 N–H and O–H groups in total. The highest BCUT2D eigenvalue weighted by molar-refractivity contribution is 5.79. The fourth-order valence-electron chi connectivity index (χ4n) is 2.92. The average molecular weight is 338 g/mol. The smallest absolute Gasteiger partial charge is 0.248 e. The number of hydrogen-bond donors (Lipinski definition) is 0. The molecule has 0 saturated heterocycles. The highest BCUT2D eigenvalue weighted by Crippen LogP contribution is 2.39. The molecule has 132 valence electrons. The van der Waals surface area contributed by atoms with E-state index in [1.54, 1.807) is 32.9 Å². The van der Waals surface area contributed by atoms with Crippen LogP contribution in [0.25, 0.3) is 11.0 Å². The number of nitrogens with zero attached hydrogens (tertiary/aromatic N) is 2. The number of hydrogen-bond acceptors (Lipinski definition) is 2. The van der Waals surface area contributed by atoms with Crippen LogP contribution in [-0.4, -0.2) is 9.97 Å². The van der Waals surface area contributed by atoms with E-state index >= 15 is 0 Å². The second kappa shape index (κ2) is 6.01. The molecule has 1 heterocycles. The zero-order chi connectivity index (χ0) is 18.3. The number of alkyl halides is 3.